The number of fused-ring (bicyclic) bond motifs is 1. The number of nitrogens with one attached hydrogen (secondary N) is 3. The van der Waals surface area contributed by atoms with Crippen molar-refractivity contribution in [2.45, 2.75) is 51.5 Å². The van der Waals surface area contributed by atoms with E-state index in [4.69, 9.17) is 11.6 Å². The van der Waals surface area contributed by atoms with Crippen molar-refractivity contribution in [3.8, 4) is 0 Å². The van der Waals surface area contributed by atoms with Gasteiger partial charge in [0.25, 0.3) is 0 Å². The summed E-state index contributed by atoms with van der Waals surface area (Å²) in [5.41, 5.74) is 3.78. The largest absolute Gasteiger partial charge is 0.365 e. The molecule has 172 valence electrons. The van der Waals surface area contributed by atoms with Gasteiger partial charge in [0, 0.05) is 31.9 Å². The summed E-state index contributed by atoms with van der Waals surface area (Å²) in [7, 11) is 1.69. The minimum absolute atomic E-state index is 0.0120. The molecule has 1 amide bonds. The van der Waals surface area contributed by atoms with E-state index in [0.717, 1.165) is 63.8 Å². The highest BCUT2D eigenvalue weighted by Crippen LogP contribution is 2.30. The van der Waals surface area contributed by atoms with Crippen LogP contribution in [0.1, 0.15) is 43.7 Å². The lowest BCUT2D eigenvalue weighted by Gasteiger charge is -2.31. The zero-order valence-corrected chi connectivity index (χ0v) is 19.7. The maximum absolute atomic E-state index is 12.3. The minimum Gasteiger partial charge on any atom is -0.365 e. The minimum atomic E-state index is -0.0801. The van der Waals surface area contributed by atoms with Crippen molar-refractivity contribution in [2.24, 2.45) is 5.92 Å². The van der Waals surface area contributed by atoms with E-state index in [-0.39, 0.29) is 17.9 Å². The number of aromatic nitrogens is 2. The smallest absolute Gasteiger partial charge is 0.229 e. The summed E-state index contributed by atoms with van der Waals surface area (Å²) in [4.78, 5) is 23.8. The lowest BCUT2D eigenvalue weighted by Crippen LogP contribution is -2.42. The van der Waals surface area contributed by atoms with Gasteiger partial charge in [-0.2, -0.15) is 4.98 Å². The molecule has 7 nitrogen and oxygen atoms in total. The average molecular weight is 457 g/mol. The molecule has 1 aliphatic heterocycles. The molecule has 0 bridgehead atoms. The maximum Gasteiger partial charge on any atom is 0.229 e. The lowest BCUT2D eigenvalue weighted by atomic mass is 9.84. The van der Waals surface area contributed by atoms with Gasteiger partial charge >= 0.3 is 0 Å². The standard InChI is InChI=1S/C24H33ClN6O/c1-3-31-12-10-16-8-9-18(14-17(16)11-13-31)28-24-27-15-20(25)22(30-24)29-21-7-5-4-6-19(21)23(32)26-2/h8-9,14-15,19,21H,3-7,10-13H2,1-2H3,(H,26,32)(H2,27,28,29,30)/t19-,21+/m0/s1. The number of benzene rings is 1. The molecule has 0 radical (unpaired) electrons. The lowest BCUT2D eigenvalue weighted by molar-refractivity contribution is -0.125. The van der Waals surface area contributed by atoms with Gasteiger partial charge in [0.15, 0.2) is 5.82 Å². The first-order valence-electron chi connectivity index (χ1n) is 11.7. The molecule has 0 spiro atoms. The highest BCUT2D eigenvalue weighted by molar-refractivity contribution is 6.32. The Hall–Kier alpha value is -2.38. The number of anilines is 3. The Labute approximate surface area is 195 Å². The first-order chi connectivity index (χ1) is 15.6. The van der Waals surface area contributed by atoms with Crippen molar-refractivity contribution in [2.75, 3.05) is 37.3 Å². The molecule has 2 atom stereocenters. The third-order valence-electron chi connectivity index (χ3n) is 6.72. The molecule has 1 fully saturated rings. The Morgan fingerprint density at radius 1 is 1.19 bits per heavy atom. The fourth-order valence-corrected chi connectivity index (χ4v) is 4.95. The molecule has 4 rings (SSSR count). The second kappa shape index (κ2) is 10.5. The van der Waals surface area contributed by atoms with Crippen LogP contribution in [0.25, 0.3) is 0 Å². The van der Waals surface area contributed by atoms with E-state index in [2.05, 4.69) is 55.9 Å². The van der Waals surface area contributed by atoms with E-state index in [1.165, 1.54) is 11.1 Å². The molecular formula is C24H33ClN6O. The number of rotatable bonds is 6. The van der Waals surface area contributed by atoms with Crippen molar-refractivity contribution in [3.63, 3.8) is 0 Å². The second-order valence-electron chi connectivity index (χ2n) is 8.69. The number of likely N-dealkylation sites (N-methyl/N-ethyl adjacent to an activating group) is 1. The van der Waals surface area contributed by atoms with Crippen LogP contribution in [0.2, 0.25) is 5.02 Å². The molecule has 1 aromatic carbocycles. The molecule has 1 aromatic heterocycles. The molecule has 2 heterocycles. The monoisotopic (exact) mass is 456 g/mol. The maximum atomic E-state index is 12.3. The summed E-state index contributed by atoms with van der Waals surface area (Å²) in [6.07, 6.45) is 7.69. The number of carbonyl (C=O) groups is 1. The van der Waals surface area contributed by atoms with Crippen LogP contribution >= 0.6 is 11.6 Å². The molecule has 0 unspecified atom stereocenters. The molecule has 1 aliphatic carbocycles. The SMILES string of the molecule is CCN1CCc2ccc(Nc3ncc(Cl)c(N[C@@H]4CCCC[C@@H]4C(=O)NC)n3)cc2CC1. The summed E-state index contributed by atoms with van der Waals surface area (Å²) < 4.78 is 0. The first kappa shape index (κ1) is 22.8. The predicted molar refractivity (Wildman–Crippen MR) is 130 cm³/mol. The summed E-state index contributed by atoms with van der Waals surface area (Å²) in [6.45, 7) is 5.52. The van der Waals surface area contributed by atoms with Crippen LogP contribution in [-0.2, 0) is 17.6 Å². The second-order valence-corrected chi connectivity index (χ2v) is 9.10. The Morgan fingerprint density at radius 3 is 2.75 bits per heavy atom. The van der Waals surface area contributed by atoms with Crippen LogP contribution in [0, 0.1) is 5.92 Å². The molecule has 1 saturated carbocycles. The van der Waals surface area contributed by atoms with Gasteiger partial charge in [-0.1, -0.05) is 37.4 Å². The quantitative estimate of drug-likeness (QED) is 0.609. The number of halogens is 1. The highest BCUT2D eigenvalue weighted by Gasteiger charge is 2.31. The number of hydrogen-bond donors (Lipinski definition) is 3. The van der Waals surface area contributed by atoms with Crippen molar-refractivity contribution in [3.05, 3.63) is 40.5 Å². The highest BCUT2D eigenvalue weighted by atomic mass is 35.5. The molecule has 2 aromatic rings. The molecule has 2 aliphatic rings. The van der Waals surface area contributed by atoms with Crippen molar-refractivity contribution >= 4 is 35.0 Å². The average Bonchev–Trinajstić information content (AvgIpc) is 3.03. The number of nitrogens with zero attached hydrogens (tertiary/aromatic N) is 3. The fraction of sp³-hybridized carbons (Fsp3) is 0.542. The molecule has 32 heavy (non-hydrogen) atoms. The van der Waals surface area contributed by atoms with E-state index in [0.29, 0.717) is 16.8 Å². The van der Waals surface area contributed by atoms with Gasteiger partial charge in [0.2, 0.25) is 11.9 Å². The summed E-state index contributed by atoms with van der Waals surface area (Å²) in [5.74, 6) is 1.05. The van der Waals surface area contributed by atoms with Gasteiger partial charge in [-0.15, -0.1) is 0 Å². The van der Waals surface area contributed by atoms with E-state index < -0.39 is 0 Å². The van der Waals surface area contributed by atoms with Gasteiger partial charge in [0.05, 0.1) is 12.1 Å². The summed E-state index contributed by atoms with van der Waals surface area (Å²) >= 11 is 6.40. The van der Waals surface area contributed by atoms with Gasteiger partial charge < -0.3 is 20.9 Å². The third kappa shape index (κ3) is 5.33. The predicted octanol–water partition coefficient (Wildman–Crippen LogP) is 4.01. The third-order valence-corrected chi connectivity index (χ3v) is 7.00. The molecule has 3 N–H and O–H groups in total. The molecular weight excluding hydrogens is 424 g/mol. The number of hydrogen-bond acceptors (Lipinski definition) is 6. The van der Waals surface area contributed by atoms with Gasteiger partial charge in [-0.25, -0.2) is 4.98 Å². The van der Waals surface area contributed by atoms with Gasteiger partial charge in [-0.05, 0) is 55.5 Å². The van der Waals surface area contributed by atoms with E-state index in [1.807, 2.05) is 0 Å². The normalized spacial score (nSPS) is 21.3. The van der Waals surface area contributed by atoms with Crippen LogP contribution in [0.15, 0.2) is 24.4 Å². The van der Waals surface area contributed by atoms with Gasteiger partial charge in [-0.3, -0.25) is 4.79 Å². The Kier molecular flexibility index (Phi) is 7.48. The first-order valence-corrected chi connectivity index (χ1v) is 12.1. The zero-order valence-electron chi connectivity index (χ0n) is 19.0. The molecule has 8 heteroatoms. The summed E-state index contributed by atoms with van der Waals surface area (Å²) in [6, 6.07) is 6.52. The van der Waals surface area contributed by atoms with Crippen LogP contribution in [0.4, 0.5) is 17.5 Å². The van der Waals surface area contributed by atoms with E-state index in [1.54, 1.807) is 13.2 Å². The Balaban J connectivity index is 1.48. The van der Waals surface area contributed by atoms with Gasteiger partial charge in [0.1, 0.15) is 5.02 Å². The molecule has 0 saturated heterocycles. The number of amides is 1. The Bertz CT molecular complexity index is 952. The van der Waals surface area contributed by atoms with Crippen LogP contribution < -0.4 is 16.0 Å². The van der Waals surface area contributed by atoms with Crippen LogP contribution in [0.3, 0.4) is 0 Å². The van der Waals surface area contributed by atoms with E-state index >= 15 is 0 Å². The van der Waals surface area contributed by atoms with Crippen LogP contribution in [0.5, 0.6) is 0 Å². The van der Waals surface area contributed by atoms with Crippen LogP contribution in [-0.4, -0.2) is 53.5 Å². The Morgan fingerprint density at radius 2 is 1.97 bits per heavy atom. The summed E-state index contributed by atoms with van der Waals surface area (Å²) in [5, 5.41) is 10.00. The van der Waals surface area contributed by atoms with Crippen molar-refractivity contribution < 1.29 is 4.79 Å². The van der Waals surface area contributed by atoms with Crippen molar-refractivity contribution in [1.82, 2.24) is 20.2 Å². The topological polar surface area (TPSA) is 82.2 Å². The number of carbonyl (C=O) groups excluding carboxylic acids is 1. The zero-order chi connectivity index (χ0) is 22.5. The van der Waals surface area contributed by atoms with E-state index in [9.17, 15) is 4.79 Å². The fourth-order valence-electron chi connectivity index (χ4n) is 4.80. The van der Waals surface area contributed by atoms with Crippen molar-refractivity contribution in [1.29, 1.82) is 0 Å².